The van der Waals surface area contributed by atoms with Crippen LogP contribution >= 0.6 is 27.5 Å². The molecule has 2 aromatic rings. The molecule has 0 heterocycles. The molecule has 2 aromatic carbocycles. The predicted molar refractivity (Wildman–Crippen MR) is 88.8 cm³/mol. The molecule has 1 nitrogen and oxygen atoms in total. The first-order chi connectivity index (χ1) is 9.60. The molecule has 0 radical (unpaired) electrons. The zero-order chi connectivity index (χ0) is 14.5. The maximum Gasteiger partial charge on any atom is 0.133 e. The fourth-order valence-corrected chi connectivity index (χ4v) is 2.97. The largest absolute Gasteiger partial charge is 0.493 e. The van der Waals surface area contributed by atoms with E-state index in [1.54, 1.807) is 0 Å². The molecule has 1 unspecified atom stereocenters. The number of hydrogen-bond acceptors (Lipinski definition) is 1. The Morgan fingerprint density at radius 1 is 1.20 bits per heavy atom. The second kappa shape index (κ2) is 7.14. The number of ether oxygens (including phenoxy) is 1. The van der Waals surface area contributed by atoms with Crippen LogP contribution in [-0.4, -0.2) is 6.61 Å². The molecular formula is C17H18BrClO. The summed E-state index contributed by atoms with van der Waals surface area (Å²) in [5.41, 5.74) is 3.62. The molecule has 0 aliphatic carbocycles. The number of halogens is 2. The standard InChI is InChI=1S/C17H18BrClO/c1-3-20-17-8-7-14(11-15(17)18)16(19)10-13-6-4-5-12(2)9-13/h4-9,11,16H,3,10H2,1-2H3. The van der Waals surface area contributed by atoms with E-state index < -0.39 is 0 Å². The molecule has 0 N–H and O–H groups in total. The Labute approximate surface area is 134 Å². The number of hydrogen-bond donors (Lipinski definition) is 0. The highest BCUT2D eigenvalue weighted by Gasteiger charge is 2.11. The summed E-state index contributed by atoms with van der Waals surface area (Å²) in [6.45, 7) is 4.73. The number of benzene rings is 2. The van der Waals surface area contributed by atoms with E-state index in [9.17, 15) is 0 Å². The van der Waals surface area contributed by atoms with Crippen LogP contribution in [0.25, 0.3) is 0 Å². The van der Waals surface area contributed by atoms with Gasteiger partial charge >= 0.3 is 0 Å². The fourth-order valence-electron chi connectivity index (χ4n) is 2.15. The smallest absolute Gasteiger partial charge is 0.133 e. The Morgan fingerprint density at radius 3 is 2.65 bits per heavy atom. The first-order valence-electron chi connectivity index (χ1n) is 6.72. The van der Waals surface area contributed by atoms with E-state index in [2.05, 4.69) is 47.1 Å². The molecule has 0 bridgehead atoms. The van der Waals surface area contributed by atoms with Gasteiger partial charge in [0, 0.05) is 0 Å². The van der Waals surface area contributed by atoms with Crippen molar-refractivity contribution in [2.75, 3.05) is 6.61 Å². The molecule has 0 spiro atoms. The molecule has 0 saturated heterocycles. The number of rotatable bonds is 5. The van der Waals surface area contributed by atoms with Crippen LogP contribution < -0.4 is 4.74 Å². The van der Waals surface area contributed by atoms with Crippen LogP contribution in [-0.2, 0) is 6.42 Å². The van der Waals surface area contributed by atoms with Crippen molar-refractivity contribution in [2.45, 2.75) is 25.6 Å². The van der Waals surface area contributed by atoms with Crippen molar-refractivity contribution < 1.29 is 4.74 Å². The summed E-state index contributed by atoms with van der Waals surface area (Å²) >= 11 is 10.1. The SMILES string of the molecule is CCOc1ccc(C(Cl)Cc2cccc(C)c2)cc1Br. The molecule has 0 aliphatic heterocycles. The van der Waals surface area contributed by atoms with E-state index in [1.807, 2.05) is 25.1 Å². The molecule has 1 atom stereocenters. The summed E-state index contributed by atoms with van der Waals surface area (Å²) < 4.78 is 6.47. The number of alkyl halides is 1. The monoisotopic (exact) mass is 352 g/mol. The van der Waals surface area contributed by atoms with E-state index in [0.717, 1.165) is 22.2 Å². The van der Waals surface area contributed by atoms with Crippen LogP contribution in [0.1, 0.15) is 29.0 Å². The van der Waals surface area contributed by atoms with Crippen LogP contribution in [0.3, 0.4) is 0 Å². The van der Waals surface area contributed by atoms with Crippen molar-refractivity contribution in [3.63, 3.8) is 0 Å². The lowest BCUT2D eigenvalue weighted by atomic mass is 10.0. The molecule has 3 heteroatoms. The van der Waals surface area contributed by atoms with Gasteiger partial charge < -0.3 is 4.74 Å². The zero-order valence-electron chi connectivity index (χ0n) is 11.7. The van der Waals surface area contributed by atoms with Crippen molar-refractivity contribution in [1.82, 2.24) is 0 Å². The van der Waals surface area contributed by atoms with Gasteiger partial charge in [-0.1, -0.05) is 35.9 Å². The summed E-state index contributed by atoms with van der Waals surface area (Å²) in [5.74, 6) is 0.857. The summed E-state index contributed by atoms with van der Waals surface area (Å²) in [5, 5.41) is -0.0382. The minimum atomic E-state index is -0.0382. The molecule has 20 heavy (non-hydrogen) atoms. The van der Waals surface area contributed by atoms with Crippen LogP contribution in [0.2, 0.25) is 0 Å². The molecule has 0 aliphatic rings. The predicted octanol–water partition coefficient (Wildman–Crippen LogP) is 5.68. The minimum absolute atomic E-state index is 0.0382. The van der Waals surface area contributed by atoms with E-state index in [0.29, 0.717) is 6.61 Å². The maximum absolute atomic E-state index is 6.53. The number of aryl methyl sites for hydroxylation is 1. The molecule has 0 fully saturated rings. The Kier molecular flexibility index (Phi) is 5.50. The van der Waals surface area contributed by atoms with E-state index >= 15 is 0 Å². The van der Waals surface area contributed by atoms with Gasteiger partial charge in [-0.25, -0.2) is 0 Å². The van der Waals surface area contributed by atoms with E-state index in [4.69, 9.17) is 16.3 Å². The van der Waals surface area contributed by atoms with Gasteiger partial charge in [0.2, 0.25) is 0 Å². The maximum atomic E-state index is 6.53. The molecule has 0 amide bonds. The van der Waals surface area contributed by atoms with Gasteiger partial charge in [0.25, 0.3) is 0 Å². The topological polar surface area (TPSA) is 9.23 Å². The van der Waals surface area contributed by atoms with Gasteiger partial charge in [-0.2, -0.15) is 0 Å². The first-order valence-corrected chi connectivity index (χ1v) is 7.95. The van der Waals surface area contributed by atoms with Gasteiger partial charge in [-0.3, -0.25) is 0 Å². The quantitative estimate of drug-likeness (QED) is 0.628. The summed E-state index contributed by atoms with van der Waals surface area (Å²) in [4.78, 5) is 0. The Balaban J connectivity index is 2.13. The van der Waals surface area contributed by atoms with Crippen LogP contribution in [0.15, 0.2) is 46.9 Å². The highest BCUT2D eigenvalue weighted by molar-refractivity contribution is 9.10. The van der Waals surface area contributed by atoms with Crippen LogP contribution in [0.5, 0.6) is 5.75 Å². The Bertz CT molecular complexity index is 583. The van der Waals surface area contributed by atoms with Crippen molar-refractivity contribution in [1.29, 1.82) is 0 Å². The van der Waals surface area contributed by atoms with Gasteiger partial charge in [0.15, 0.2) is 0 Å². The highest BCUT2D eigenvalue weighted by Crippen LogP contribution is 2.32. The lowest BCUT2D eigenvalue weighted by molar-refractivity contribution is 0.338. The van der Waals surface area contributed by atoms with Gasteiger partial charge in [-0.05, 0) is 59.5 Å². The molecule has 106 valence electrons. The van der Waals surface area contributed by atoms with Gasteiger partial charge in [-0.15, -0.1) is 11.6 Å². The van der Waals surface area contributed by atoms with E-state index in [-0.39, 0.29) is 5.38 Å². The average molecular weight is 354 g/mol. The minimum Gasteiger partial charge on any atom is -0.493 e. The van der Waals surface area contributed by atoms with E-state index in [1.165, 1.54) is 11.1 Å². The molecule has 0 saturated carbocycles. The molecule has 2 rings (SSSR count). The normalized spacial score (nSPS) is 12.2. The second-order valence-electron chi connectivity index (χ2n) is 4.78. The van der Waals surface area contributed by atoms with Crippen molar-refractivity contribution in [2.24, 2.45) is 0 Å². The Hall–Kier alpha value is -0.990. The highest BCUT2D eigenvalue weighted by atomic mass is 79.9. The lowest BCUT2D eigenvalue weighted by Gasteiger charge is -2.13. The second-order valence-corrected chi connectivity index (χ2v) is 6.16. The van der Waals surface area contributed by atoms with Crippen LogP contribution in [0, 0.1) is 6.92 Å². The Morgan fingerprint density at radius 2 is 2.00 bits per heavy atom. The van der Waals surface area contributed by atoms with Crippen LogP contribution in [0.4, 0.5) is 0 Å². The third-order valence-corrected chi connectivity index (χ3v) is 4.14. The van der Waals surface area contributed by atoms with Crippen molar-refractivity contribution in [3.05, 3.63) is 63.6 Å². The van der Waals surface area contributed by atoms with Crippen molar-refractivity contribution >= 4 is 27.5 Å². The lowest BCUT2D eigenvalue weighted by Crippen LogP contribution is -1.98. The van der Waals surface area contributed by atoms with Gasteiger partial charge in [0.05, 0.1) is 16.5 Å². The van der Waals surface area contributed by atoms with Gasteiger partial charge in [0.1, 0.15) is 5.75 Å². The van der Waals surface area contributed by atoms with Crippen molar-refractivity contribution in [3.8, 4) is 5.75 Å². The first kappa shape index (κ1) is 15.4. The molecule has 0 aromatic heterocycles. The average Bonchev–Trinajstić information content (AvgIpc) is 2.41. The molecular weight excluding hydrogens is 336 g/mol. The third kappa shape index (κ3) is 4.00. The summed E-state index contributed by atoms with van der Waals surface area (Å²) in [7, 11) is 0. The zero-order valence-corrected chi connectivity index (χ0v) is 14.0. The fraction of sp³-hybridized carbons (Fsp3) is 0.294. The third-order valence-electron chi connectivity index (χ3n) is 3.11. The summed E-state index contributed by atoms with van der Waals surface area (Å²) in [6, 6.07) is 14.5. The summed E-state index contributed by atoms with van der Waals surface area (Å²) in [6.07, 6.45) is 0.823.